The second-order valence-electron chi connectivity index (χ2n) is 4.74. The summed E-state index contributed by atoms with van der Waals surface area (Å²) in [5.74, 6) is 0.789. The normalized spacial score (nSPS) is 19.5. The molecule has 1 unspecified atom stereocenters. The highest BCUT2D eigenvalue weighted by Crippen LogP contribution is 2.15. The van der Waals surface area contributed by atoms with E-state index in [1.807, 2.05) is 7.05 Å². The lowest BCUT2D eigenvalue weighted by Crippen LogP contribution is -2.35. The van der Waals surface area contributed by atoms with Crippen LogP contribution in [0.1, 0.15) is 23.2 Å². The predicted molar refractivity (Wildman–Crippen MR) is 69.2 cm³/mol. The molecule has 98 valence electrons. The molecule has 1 aliphatic heterocycles. The van der Waals surface area contributed by atoms with Gasteiger partial charge in [-0.05, 0) is 30.9 Å². The first-order valence-electron chi connectivity index (χ1n) is 6.21. The fourth-order valence-electron chi connectivity index (χ4n) is 2.22. The number of amides is 1. The Labute approximate surface area is 107 Å². The third-order valence-corrected chi connectivity index (χ3v) is 3.16. The van der Waals surface area contributed by atoms with Crippen molar-refractivity contribution >= 4 is 11.7 Å². The molecule has 1 amide bonds. The van der Waals surface area contributed by atoms with Crippen molar-refractivity contribution < 1.29 is 9.53 Å². The number of nitrogens with two attached hydrogens (primary N) is 1. The van der Waals surface area contributed by atoms with Crippen molar-refractivity contribution in [3.8, 4) is 0 Å². The van der Waals surface area contributed by atoms with Crippen LogP contribution in [0, 0.1) is 5.92 Å². The van der Waals surface area contributed by atoms with Crippen molar-refractivity contribution in [2.24, 2.45) is 5.92 Å². The maximum Gasteiger partial charge on any atom is 0.253 e. The molecule has 0 radical (unpaired) electrons. The van der Waals surface area contributed by atoms with Crippen LogP contribution in [-0.2, 0) is 4.74 Å². The van der Waals surface area contributed by atoms with E-state index in [2.05, 4.69) is 4.98 Å². The van der Waals surface area contributed by atoms with E-state index in [-0.39, 0.29) is 5.91 Å². The Balaban J connectivity index is 1.95. The number of nitrogens with zero attached hydrogens (tertiary/aromatic N) is 2. The van der Waals surface area contributed by atoms with Crippen LogP contribution in [-0.4, -0.2) is 42.6 Å². The smallest absolute Gasteiger partial charge is 0.253 e. The second-order valence-corrected chi connectivity index (χ2v) is 4.74. The first kappa shape index (κ1) is 12.8. The van der Waals surface area contributed by atoms with Gasteiger partial charge < -0.3 is 15.4 Å². The van der Waals surface area contributed by atoms with E-state index in [1.165, 1.54) is 0 Å². The van der Waals surface area contributed by atoms with E-state index in [1.54, 1.807) is 23.2 Å². The molecule has 1 atom stereocenters. The number of carbonyl (C=O) groups is 1. The molecule has 1 aromatic rings. The summed E-state index contributed by atoms with van der Waals surface area (Å²) >= 11 is 0. The SMILES string of the molecule is CN(CC1CCCOC1)C(=O)c1ccnc(N)c1. The van der Waals surface area contributed by atoms with Crippen molar-refractivity contribution in [2.45, 2.75) is 12.8 Å². The molecule has 2 rings (SSSR count). The summed E-state index contributed by atoms with van der Waals surface area (Å²) in [6.45, 7) is 2.31. The zero-order chi connectivity index (χ0) is 13.0. The number of ether oxygens (including phenoxy) is 1. The molecule has 5 nitrogen and oxygen atoms in total. The lowest BCUT2D eigenvalue weighted by atomic mass is 10.0. The largest absolute Gasteiger partial charge is 0.384 e. The number of hydrogen-bond donors (Lipinski definition) is 1. The molecule has 1 saturated heterocycles. The number of rotatable bonds is 3. The summed E-state index contributed by atoms with van der Waals surface area (Å²) in [6.07, 6.45) is 3.76. The van der Waals surface area contributed by atoms with E-state index >= 15 is 0 Å². The van der Waals surface area contributed by atoms with Crippen LogP contribution >= 0.6 is 0 Å². The molecule has 1 aromatic heterocycles. The number of nitrogen functional groups attached to an aromatic ring is 1. The molecular formula is C13H19N3O2. The summed E-state index contributed by atoms with van der Waals surface area (Å²) in [6, 6.07) is 3.29. The highest BCUT2D eigenvalue weighted by molar-refractivity contribution is 5.94. The zero-order valence-corrected chi connectivity index (χ0v) is 10.6. The molecule has 2 heterocycles. The summed E-state index contributed by atoms with van der Waals surface area (Å²) < 4.78 is 5.42. The van der Waals surface area contributed by atoms with Crippen LogP contribution in [0.15, 0.2) is 18.3 Å². The third-order valence-electron chi connectivity index (χ3n) is 3.16. The molecule has 2 N–H and O–H groups in total. The fourth-order valence-corrected chi connectivity index (χ4v) is 2.22. The van der Waals surface area contributed by atoms with Gasteiger partial charge in [0, 0.05) is 32.0 Å². The Kier molecular flexibility index (Phi) is 4.15. The molecule has 0 aliphatic carbocycles. The van der Waals surface area contributed by atoms with Crippen LogP contribution in [0.3, 0.4) is 0 Å². The van der Waals surface area contributed by atoms with Crippen molar-refractivity contribution in [1.82, 2.24) is 9.88 Å². The number of pyridine rings is 1. The molecule has 1 fully saturated rings. The quantitative estimate of drug-likeness (QED) is 0.873. The number of anilines is 1. The Morgan fingerprint density at radius 3 is 3.17 bits per heavy atom. The van der Waals surface area contributed by atoms with Gasteiger partial charge in [0.2, 0.25) is 0 Å². The topological polar surface area (TPSA) is 68.5 Å². The molecule has 18 heavy (non-hydrogen) atoms. The van der Waals surface area contributed by atoms with Gasteiger partial charge in [-0.1, -0.05) is 0 Å². The van der Waals surface area contributed by atoms with E-state index in [4.69, 9.17) is 10.5 Å². The Morgan fingerprint density at radius 1 is 1.67 bits per heavy atom. The Bertz CT molecular complexity index is 416. The first-order chi connectivity index (χ1) is 8.66. The van der Waals surface area contributed by atoms with Crippen LogP contribution in [0.25, 0.3) is 0 Å². The average Bonchev–Trinajstić information content (AvgIpc) is 2.39. The van der Waals surface area contributed by atoms with Gasteiger partial charge in [-0.3, -0.25) is 4.79 Å². The van der Waals surface area contributed by atoms with Gasteiger partial charge in [-0.25, -0.2) is 4.98 Å². The second kappa shape index (κ2) is 5.82. The molecular weight excluding hydrogens is 230 g/mol. The summed E-state index contributed by atoms with van der Waals surface area (Å²) in [4.78, 5) is 17.8. The van der Waals surface area contributed by atoms with E-state index in [0.29, 0.717) is 17.3 Å². The van der Waals surface area contributed by atoms with Gasteiger partial charge in [0.25, 0.3) is 5.91 Å². The zero-order valence-electron chi connectivity index (χ0n) is 10.6. The minimum absolute atomic E-state index is 0.0188. The number of hydrogen-bond acceptors (Lipinski definition) is 4. The van der Waals surface area contributed by atoms with Crippen molar-refractivity contribution in [1.29, 1.82) is 0 Å². The van der Waals surface area contributed by atoms with Gasteiger partial charge in [0.15, 0.2) is 0 Å². The standard InChI is InChI=1S/C13H19N3O2/c1-16(8-10-3-2-6-18-9-10)13(17)11-4-5-15-12(14)7-11/h4-5,7,10H,2-3,6,8-9H2,1H3,(H2,14,15). The predicted octanol–water partition coefficient (Wildman–Crippen LogP) is 1.16. The molecule has 5 heteroatoms. The van der Waals surface area contributed by atoms with Crippen molar-refractivity contribution in [3.05, 3.63) is 23.9 Å². The van der Waals surface area contributed by atoms with Gasteiger partial charge >= 0.3 is 0 Å². The molecule has 0 bridgehead atoms. The lowest BCUT2D eigenvalue weighted by Gasteiger charge is -2.27. The van der Waals surface area contributed by atoms with Crippen molar-refractivity contribution in [2.75, 3.05) is 32.5 Å². The van der Waals surface area contributed by atoms with Crippen molar-refractivity contribution in [3.63, 3.8) is 0 Å². The highest BCUT2D eigenvalue weighted by Gasteiger charge is 2.19. The Morgan fingerprint density at radius 2 is 2.50 bits per heavy atom. The van der Waals surface area contributed by atoms with E-state index in [0.717, 1.165) is 32.6 Å². The average molecular weight is 249 g/mol. The molecule has 1 aliphatic rings. The first-order valence-corrected chi connectivity index (χ1v) is 6.21. The van der Waals surface area contributed by atoms with Crippen LogP contribution in [0.2, 0.25) is 0 Å². The van der Waals surface area contributed by atoms with Crippen LogP contribution in [0.4, 0.5) is 5.82 Å². The lowest BCUT2D eigenvalue weighted by molar-refractivity contribution is 0.0388. The third kappa shape index (κ3) is 3.20. The highest BCUT2D eigenvalue weighted by atomic mass is 16.5. The van der Waals surface area contributed by atoms with Crippen LogP contribution < -0.4 is 5.73 Å². The van der Waals surface area contributed by atoms with E-state index < -0.39 is 0 Å². The Hall–Kier alpha value is -1.62. The van der Waals surface area contributed by atoms with Gasteiger partial charge in [-0.15, -0.1) is 0 Å². The maximum atomic E-state index is 12.2. The number of aromatic nitrogens is 1. The number of carbonyl (C=O) groups excluding carboxylic acids is 1. The molecule has 0 spiro atoms. The summed E-state index contributed by atoms with van der Waals surface area (Å²) in [5.41, 5.74) is 6.16. The van der Waals surface area contributed by atoms with Gasteiger partial charge in [-0.2, -0.15) is 0 Å². The summed E-state index contributed by atoms with van der Waals surface area (Å²) in [5, 5.41) is 0. The van der Waals surface area contributed by atoms with E-state index in [9.17, 15) is 4.79 Å². The maximum absolute atomic E-state index is 12.2. The molecule has 0 aromatic carbocycles. The molecule has 0 saturated carbocycles. The minimum atomic E-state index is -0.0188. The monoisotopic (exact) mass is 249 g/mol. The van der Waals surface area contributed by atoms with Gasteiger partial charge in [0.1, 0.15) is 5.82 Å². The fraction of sp³-hybridized carbons (Fsp3) is 0.538. The summed E-state index contributed by atoms with van der Waals surface area (Å²) in [7, 11) is 1.81. The van der Waals surface area contributed by atoms with Crippen LogP contribution in [0.5, 0.6) is 0 Å². The minimum Gasteiger partial charge on any atom is -0.384 e. The van der Waals surface area contributed by atoms with Gasteiger partial charge in [0.05, 0.1) is 6.61 Å².